The monoisotopic (exact) mass is 145 g/mol. The number of hydrogen-bond donors (Lipinski definition) is 2. The van der Waals surface area contributed by atoms with E-state index < -0.39 is 5.97 Å². The minimum atomic E-state index is -0.684. The van der Waals surface area contributed by atoms with Crippen molar-refractivity contribution in [3.63, 3.8) is 0 Å². The average molecular weight is 145 g/mol. The van der Waals surface area contributed by atoms with E-state index in [1.165, 1.54) is 0 Å². The van der Waals surface area contributed by atoms with Crippen LogP contribution in [0.15, 0.2) is 0 Å². The summed E-state index contributed by atoms with van der Waals surface area (Å²) in [5.74, 6) is -0.828. The van der Waals surface area contributed by atoms with Crippen molar-refractivity contribution in [3.05, 3.63) is 0 Å². The lowest BCUT2D eigenvalue weighted by Gasteiger charge is -2.31. The molecule has 1 aliphatic rings. The summed E-state index contributed by atoms with van der Waals surface area (Å²) in [4.78, 5) is 10.2. The SMILES string of the molecule is CC.CC1NCC1C(=O)O. The highest BCUT2D eigenvalue weighted by atomic mass is 16.4. The van der Waals surface area contributed by atoms with Gasteiger partial charge in [-0.15, -0.1) is 0 Å². The first kappa shape index (κ1) is 9.43. The molecule has 2 unspecified atom stereocenters. The van der Waals surface area contributed by atoms with Gasteiger partial charge in [-0.2, -0.15) is 0 Å². The Hall–Kier alpha value is -0.570. The second-order valence-electron chi connectivity index (χ2n) is 2.14. The summed E-state index contributed by atoms with van der Waals surface area (Å²) >= 11 is 0. The molecule has 1 heterocycles. The molecular formula is C7H15NO2. The van der Waals surface area contributed by atoms with Crippen LogP contribution in [0.2, 0.25) is 0 Å². The molecule has 1 rings (SSSR count). The lowest BCUT2D eigenvalue weighted by molar-refractivity contribution is -0.145. The first-order valence-electron chi connectivity index (χ1n) is 3.68. The Labute approximate surface area is 61.4 Å². The van der Waals surface area contributed by atoms with Crippen LogP contribution in [-0.2, 0) is 4.79 Å². The van der Waals surface area contributed by atoms with Crippen molar-refractivity contribution in [2.75, 3.05) is 6.54 Å². The zero-order valence-electron chi connectivity index (χ0n) is 6.72. The second-order valence-corrected chi connectivity index (χ2v) is 2.14. The van der Waals surface area contributed by atoms with Crippen molar-refractivity contribution in [2.24, 2.45) is 5.92 Å². The Kier molecular flexibility index (Phi) is 4.03. The lowest BCUT2D eigenvalue weighted by atomic mass is 9.94. The van der Waals surface area contributed by atoms with Crippen molar-refractivity contribution in [1.29, 1.82) is 0 Å². The van der Waals surface area contributed by atoms with Crippen LogP contribution >= 0.6 is 0 Å². The molecule has 0 spiro atoms. The summed E-state index contributed by atoms with van der Waals surface area (Å²) in [6.45, 7) is 6.51. The molecule has 0 amide bonds. The Morgan fingerprint density at radius 3 is 2.10 bits per heavy atom. The van der Waals surface area contributed by atoms with Crippen molar-refractivity contribution < 1.29 is 9.90 Å². The smallest absolute Gasteiger partial charge is 0.309 e. The van der Waals surface area contributed by atoms with Gasteiger partial charge in [-0.25, -0.2) is 0 Å². The van der Waals surface area contributed by atoms with Crippen molar-refractivity contribution in [2.45, 2.75) is 26.8 Å². The molecule has 1 fully saturated rings. The Balaban J connectivity index is 0.000000371. The molecule has 0 radical (unpaired) electrons. The zero-order chi connectivity index (χ0) is 8.15. The van der Waals surface area contributed by atoms with E-state index in [0.29, 0.717) is 6.54 Å². The van der Waals surface area contributed by atoms with Gasteiger partial charge in [0.2, 0.25) is 0 Å². The van der Waals surface area contributed by atoms with Gasteiger partial charge in [0.15, 0.2) is 0 Å². The zero-order valence-corrected chi connectivity index (χ0v) is 6.72. The first-order valence-corrected chi connectivity index (χ1v) is 3.68. The van der Waals surface area contributed by atoms with E-state index in [2.05, 4.69) is 5.32 Å². The largest absolute Gasteiger partial charge is 0.481 e. The van der Waals surface area contributed by atoms with Gasteiger partial charge in [-0.1, -0.05) is 13.8 Å². The summed E-state index contributed by atoms with van der Waals surface area (Å²) in [5, 5.41) is 11.3. The number of nitrogens with one attached hydrogen (secondary N) is 1. The molecule has 0 aromatic rings. The highest BCUT2D eigenvalue weighted by molar-refractivity contribution is 5.72. The normalized spacial score (nSPS) is 29.5. The topological polar surface area (TPSA) is 49.3 Å². The summed E-state index contributed by atoms with van der Waals surface area (Å²) in [5.41, 5.74) is 0. The van der Waals surface area contributed by atoms with Gasteiger partial charge >= 0.3 is 5.97 Å². The molecule has 0 aromatic carbocycles. The van der Waals surface area contributed by atoms with Gasteiger partial charge in [0.1, 0.15) is 0 Å². The fraction of sp³-hybridized carbons (Fsp3) is 0.857. The number of carbonyl (C=O) groups is 1. The summed E-state index contributed by atoms with van der Waals surface area (Å²) < 4.78 is 0. The number of hydrogen-bond acceptors (Lipinski definition) is 2. The summed E-state index contributed by atoms with van der Waals surface area (Å²) in [7, 11) is 0. The molecule has 1 saturated heterocycles. The van der Waals surface area contributed by atoms with E-state index >= 15 is 0 Å². The van der Waals surface area contributed by atoms with Gasteiger partial charge in [0.25, 0.3) is 0 Å². The third-order valence-corrected chi connectivity index (χ3v) is 1.58. The first-order chi connectivity index (χ1) is 4.72. The van der Waals surface area contributed by atoms with E-state index in [1.807, 2.05) is 20.8 Å². The fourth-order valence-electron chi connectivity index (χ4n) is 0.773. The molecule has 0 aromatic heterocycles. The minimum Gasteiger partial charge on any atom is -0.481 e. The van der Waals surface area contributed by atoms with Crippen LogP contribution in [0, 0.1) is 5.92 Å². The lowest BCUT2D eigenvalue weighted by Crippen LogP contribution is -2.54. The summed E-state index contributed by atoms with van der Waals surface area (Å²) in [6.07, 6.45) is 0. The van der Waals surface area contributed by atoms with E-state index in [4.69, 9.17) is 5.11 Å². The van der Waals surface area contributed by atoms with Gasteiger partial charge in [0, 0.05) is 12.6 Å². The number of carboxylic acid groups (broad SMARTS) is 1. The second kappa shape index (κ2) is 4.28. The standard InChI is InChI=1S/C5H9NO2.C2H6/c1-3-4(2-6-3)5(7)8;1-2/h3-4,6H,2H2,1H3,(H,7,8);1-2H3. The highest BCUT2D eigenvalue weighted by Crippen LogP contribution is 2.11. The van der Waals surface area contributed by atoms with Crippen LogP contribution < -0.4 is 5.32 Å². The van der Waals surface area contributed by atoms with Crippen LogP contribution in [-0.4, -0.2) is 23.7 Å². The van der Waals surface area contributed by atoms with E-state index in [0.717, 1.165) is 0 Å². The summed E-state index contributed by atoms with van der Waals surface area (Å²) in [6, 6.07) is 0.174. The number of rotatable bonds is 1. The fourth-order valence-corrected chi connectivity index (χ4v) is 0.773. The molecule has 1 aliphatic heterocycles. The molecule has 3 heteroatoms. The third kappa shape index (κ3) is 1.99. The van der Waals surface area contributed by atoms with Crippen LogP contribution in [0.5, 0.6) is 0 Å². The van der Waals surface area contributed by atoms with Crippen LogP contribution in [0.25, 0.3) is 0 Å². The van der Waals surface area contributed by atoms with Crippen LogP contribution in [0.1, 0.15) is 20.8 Å². The van der Waals surface area contributed by atoms with Crippen LogP contribution in [0.3, 0.4) is 0 Å². The van der Waals surface area contributed by atoms with Gasteiger partial charge in [0.05, 0.1) is 5.92 Å². The van der Waals surface area contributed by atoms with E-state index in [9.17, 15) is 4.79 Å². The number of aliphatic carboxylic acids is 1. The molecule has 60 valence electrons. The molecule has 2 atom stereocenters. The number of carboxylic acids is 1. The van der Waals surface area contributed by atoms with E-state index in [-0.39, 0.29) is 12.0 Å². The van der Waals surface area contributed by atoms with E-state index in [1.54, 1.807) is 0 Å². The maximum absolute atomic E-state index is 10.2. The third-order valence-electron chi connectivity index (χ3n) is 1.58. The molecule has 10 heavy (non-hydrogen) atoms. The molecule has 0 aliphatic carbocycles. The highest BCUT2D eigenvalue weighted by Gasteiger charge is 2.31. The van der Waals surface area contributed by atoms with Gasteiger partial charge in [-0.05, 0) is 6.92 Å². The predicted molar refractivity (Wildman–Crippen MR) is 39.9 cm³/mol. The van der Waals surface area contributed by atoms with Gasteiger partial charge < -0.3 is 10.4 Å². The molecular weight excluding hydrogens is 130 g/mol. The molecule has 3 nitrogen and oxygen atoms in total. The quantitative estimate of drug-likeness (QED) is 0.571. The van der Waals surface area contributed by atoms with Gasteiger partial charge in [-0.3, -0.25) is 4.79 Å². The van der Waals surface area contributed by atoms with Crippen molar-refractivity contribution in [3.8, 4) is 0 Å². The Morgan fingerprint density at radius 2 is 2.10 bits per heavy atom. The predicted octanol–water partition coefficient (Wildman–Crippen LogP) is 0.705. The Morgan fingerprint density at radius 1 is 1.60 bits per heavy atom. The average Bonchev–Trinajstić information content (AvgIpc) is 1.88. The van der Waals surface area contributed by atoms with Crippen molar-refractivity contribution >= 4 is 5.97 Å². The van der Waals surface area contributed by atoms with Crippen LogP contribution in [0.4, 0.5) is 0 Å². The maximum Gasteiger partial charge on any atom is 0.309 e. The molecule has 0 saturated carbocycles. The maximum atomic E-state index is 10.2. The Bertz CT molecular complexity index is 114. The minimum absolute atomic E-state index is 0.144. The molecule has 2 N–H and O–H groups in total. The molecule has 0 bridgehead atoms. The van der Waals surface area contributed by atoms with Crippen molar-refractivity contribution in [1.82, 2.24) is 5.32 Å².